The minimum atomic E-state index is -0.0962. The van der Waals surface area contributed by atoms with E-state index in [0.29, 0.717) is 10.6 Å². The molecule has 1 atom stereocenters. The average molecular weight is 289 g/mol. The number of pyridine rings is 1. The molecule has 3 nitrogen and oxygen atoms in total. The lowest BCUT2D eigenvalue weighted by molar-refractivity contribution is 0.0925. The minimum absolute atomic E-state index is 0.0482. The Balaban J connectivity index is 2.18. The molecule has 0 aliphatic rings. The van der Waals surface area contributed by atoms with Gasteiger partial charge in [-0.1, -0.05) is 37.6 Å². The highest BCUT2D eigenvalue weighted by Gasteiger charge is 2.18. The van der Waals surface area contributed by atoms with Gasteiger partial charge in [-0.05, 0) is 35.7 Å². The summed E-state index contributed by atoms with van der Waals surface area (Å²) in [5.41, 5.74) is 1.66. The third kappa shape index (κ3) is 3.58. The van der Waals surface area contributed by atoms with Gasteiger partial charge in [-0.2, -0.15) is 0 Å². The Hall–Kier alpha value is -1.87. The first-order valence-electron chi connectivity index (χ1n) is 6.54. The summed E-state index contributed by atoms with van der Waals surface area (Å²) in [6.45, 7) is 4.15. The maximum Gasteiger partial charge on any atom is 0.251 e. The van der Waals surface area contributed by atoms with Gasteiger partial charge in [0.05, 0.1) is 6.04 Å². The first-order valence-corrected chi connectivity index (χ1v) is 6.92. The molecule has 0 radical (unpaired) electrons. The monoisotopic (exact) mass is 288 g/mol. The minimum Gasteiger partial charge on any atom is -0.345 e. The standard InChI is InChI=1S/C16H17ClN2O/c1-11(2)15(12-3-5-14(17)6-4-12)19-16(20)13-7-9-18-10-8-13/h3-11,15H,1-2H3,(H,19,20). The lowest BCUT2D eigenvalue weighted by Crippen LogP contribution is -2.31. The second kappa shape index (κ2) is 6.53. The van der Waals surface area contributed by atoms with E-state index in [0.717, 1.165) is 5.56 Å². The highest BCUT2D eigenvalue weighted by molar-refractivity contribution is 6.30. The molecule has 1 unspecified atom stereocenters. The number of carbonyl (C=O) groups is 1. The van der Waals surface area contributed by atoms with Crippen molar-refractivity contribution in [1.82, 2.24) is 10.3 Å². The lowest BCUT2D eigenvalue weighted by Gasteiger charge is -2.23. The van der Waals surface area contributed by atoms with Gasteiger partial charge in [0.15, 0.2) is 0 Å². The van der Waals surface area contributed by atoms with Crippen LogP contribution in [0, 0.1) is 5.92 Å². The average Bonchev–Trinajstić information content (AvgIpc) is 2.46. The van der Waals surface area contributed by atoms with E-state index < -0.39 is 0 Å². The first-order chi connectivity index (χ1) is 9.58. The summed E-state index contributed by atoms with van der Waals surface area (Å²) in [5, 5.41) is 3.75. The Morgan fingerprint density at radius 3 is 2.25 bits per heavy atom. The van der Waals surface area contributed by atoms with Gasteiger partial charge < -0.3 is 5.32 Å². The zero-order valence-electron chi connectivity index (χ0n) is 11.5. The van der Waals surface area contributed by atoms with Crippen molar-refractivity contribution >= 4 is 17.5 Å². The Labute approximate surface area is 124 Å². The van der Waals surface area contributed by atoms with E-state index in [2.05, 4.69) is 24.1 Å². The molecule has 4 heteroatoms. The number of amides is 1. The summed E-state index contributed by atoms with van der Waals surface area (Å²) in [7, 11) is 0. The van der Waals surface area contributed by atoms with E-state index >= 15 is 0 Å². The van der Waals surface area contributed by atoms with Crippen LogP contribution in [0.4, 0.5) is 0 Å². The van der Waals surface area contributed by atoms with E-state index in [4.69, 9.17) is 11.6 Å². The molecule has 2 aromatic rings. The van der Waals surface area contributed by atoms with Crippen molar-refractivity contribution < 1.29 is 4.79 Å². The van der Waals surface area contributed by atoms with Crippen molar-refractivity contribution in [3.8, 4) is 0 Å². The normalized spacial score (nSPS) is 12.2. The largest absolute Gasteiger partial charge is 0.345 e. The molecule has 1 heterocycles. The predicted octanol–water partition coefficient (Wildman–Crippen LogP) is 3.86. The maximum absolute atomic E-state index is 12.2. The molecule has 104 valence electrons. The summed E-state index contributed by atoms with van der Waals surface area (Å²) >= 11 is 5.90. The molecular weight excluding hydrogens is 272 g/mol. The SMILES string of the molecule is CC(C)C(NC(=O)c1ccncc1)c1ccc(Cl)cc1. The first kappa shape index (κ1) is 14.5. The molecule has 1 amide bonds. The number of rotatable bonds is 4. The number of nitrogens with zero attached hydrogens (tertiary/aromatic N) is 1. The van der Waals surface area contributed by atoms with Crippen molar-refractivity contribution in [3.05, 3.63) is 64.9 Å². The number of halogens is 1. The quantitative estimate of drug-likeness (QED) is 0.928. The van der Waals surface area contributed by atoms with Crippen LogP contribution in [-0.2, 0) is 0 Å². The second-order valence-electron chi connectivity index (χ2n) is 4.98. The summed E-state index contributed by atoms with van der Waals surface area (Å²) in [4.78, 5) is 16.2. The number of carbonyl (C=O) groups excluding carboxylic acids is 1. The fourth-order valence-electron chi connectivity index (χ4n) is 2.03. The molecule has 0 saturated heterocycles. The number of benzene rings is 1. The van der Waals surface area contributed by atoms with Crippen molar-refractivity contribution in [2.24, 2.45) is 5.92 Å². The topological polar surface area (TPSA) is 42.0 Å². The van der Waals surface area contributed by atoms with Gasteiger partial charge in [0.2, 0.25) is 0 Å². The van der Waals surface area contributed by atoms with E-state index in [1.165, 1.54) is 0 Å². The fraction of sp³-hybridized carbons (Fsp3) is 0.250. The summed E-state index contributed by atoms with van der Waals surface area (Å²) in [6, 6.07) is 10.9. The second-order valence-corrected chi connectivity index (χ2v) is 5.42. The molecule has 1 aromatic heterocycles. The van der Waals surface area contributed by atoms with Crippen LogP contribution in [0.5, 0.6) is 0 Å². The van der Waals surface area contributed by atoms with Crippen LogP contribution in [0.1, 0.15) is 35.8 Å². The third-order valence-electron chi connectivity index (χ3n) is 3.12. The Kier molecular flexibility index (Phi) is 4.74. The molecule has 1 aromatic carbocycles. The third-order valence-corrected chi connectivity index (χ3v) is 3.38. The Bertz CT molecular complexity index is 567. The van der Waals surface area contributed by atoms with Gasteiger partial charge in [0, 0.05) is 23.0 Å². The van der Waals surface area contributed by atoms with Crippen molar-refractivity contribution in [3.63, 3.8) is 0 Å². The number of hydrogen-bond donors (Lipinski definition) is 1. The molecule has 0 aliphatic carbocycles. The maximum atomic E-state index is 12.2. The van der Waals surface area contributed by atoms with Crippen LogP contribution in [0.3, 0.4) is 0 Å². The van der Waals surface area contributed by atoms with Crippen LogP contribution in [0.25, 0.3) is 0 Å². The highest BCUT2D eigenvalue weighted by Crippen LogP contribution is 2.23. The molecule has 0 fully saturated rings. The zero-order chi connectivity index (χ0) is 14.5. The molecule has 0 saturated carbocycles. The molecule has 0 bridgehead atoms. The van der Waals surface area contributed by atoms with E-state index in [-0.39, 0.29) is 17.9 Å². The Morgan fingerprint density at radius 1 is 1.10 bits per heavy atom. The number of hydrogen-bond acceptors (Lipinski definition) is 2. The van der Waals surface area contributed by atoms with Crippen molar-refractivity contribution in [1.29, 1.82) is 0 Å². The summed E-state index contributed by atoms with van der Waals surface area (Å²) in [6.07, 6.45) is 3.23. The fourth-order valence-corrected chi connectivity index (χ4v) is 2.16. The zero-order valence-corrected chi connectivity index (χ0v) is 12.3. The van der Waals surface area contributed by atoms with Crippen molar-refractivity contribution in [2.75, 3.05) is 0 Å². The van der Waals surface area contributed by atoms with Crippen LogP contribution in [0.2, 0.25) is 5.02 Å². The molecule has 1 N–H and O–H groups in total. The molecule has 20 heavy (non-hydrogen) atoms. The molecular formula is C16H17ClN2O. The van der Waals surface area contributed by atoms with E-state index in [1.807, 2.05) is 24.3 Å². The Morgan fingerprint density at radius 2 is 1.70 bits per heavy atom. The van der Waals surface area contributed by atoms with Gasteiger partial charge in [-0.3, -0.25) is 9.78 Å². The van der Waals surface area contributed by atoms with Gasteiger partial charge in [-0.15, -0.1) is 0 Å². The highest BCUT2D eigenvalue weighted by atomic mass is 35.5. The van der Waals surface area contributed by atoms with Gasteiger partial charge in [-0.25, -0.2) is 0 Å². The molecule has 2 rings (SSSR count). The van der Waals surface area contributed by atoms with E-state index in [9.17, 15) is 4.79 Å². The number of nitrogens with one attached hydrogen (secondary N) is 1. The van der Waals surface area contributed by atoms with Gasteiger partial charge >= 0.3 is 0 Å². The molecule has 0 spiro atoms. The van der Waals surface area contributed by atoms with Gasteiger partial charge in [0.25, 0.3) is 5.91 Å². The summed E-state index contributed by atoms with van der Waals surface area (Å²) < 4.78 is 0. The van der Waals surface area contributed by atoms with Gasteiger partial charge in [0.1, 0.15) is 0 Å². The van der Waals surface area contributed by atoms with Crippen LogP contribution < -0.4 is 5.32 Å². The predicted molar refractivity (Wildman–Crippen MR) is 80.7 cm³/mol. The molecule has 0 aliphatic heterocycles. The summed E-state index contributed by atoms with van der Waals surface area (Å²) in [5.74, 6) is 0.183. The van der Waals surface area contributed by atoms with Crippen LogP contribution in [-0.4, -0.2) is 10.9 Å². The van der Waals surface area contributed by atoms with E-state index in [1.54, 1.807) is 24.5 Å². The number of aromatic nitrogens is 1. The lowest BCUT2D eigenvalue weighted by atomic mass is 9.95. The smallest absolute Gasteiger partial charge is 0.251 e. The van der Waals surface area contributed by atoms with Crippen LogP contribution in [0.15, 0.2) is 48.8 Å². The van der Waals surface area contributed by atoms with Crippen molar-refractivity contribution in [2.45, 2.75) is 19.9 Å². The van der Waals surface area contributed by atoms with Crippen LogP contribution >= 0.6 is 11.6 Å².